The van der Waals surface area contributed by atoms with E-state index in [4.69, 9.17) is 23.2 Å². The molecule has 70 valence electrons. The Morgan fingerprint density at radius 2 is 1.62 bits per heavy atom. The minimum atomic E-state index is 0.473. The fraction of sp³-hybridized carbons (Fsp3) is 0.556. The van der Waals surface area contributed by atoms with E-state index < -0.39 is 0 Å². The second kappa shape index (κ2) is 3.81. The number of nitrogens with zero attached hydrogens (tertiary/aromatic N) is 2. The van der Waals surface area contributed by atoms with Gasteiger partial charge in [-0.15, -0.1) is 0 Å². The topological polar surface area (TPSA) is 25.8 Å². The van der Waals surface area contributed by atoms with Crippen LogP contribution in [0.2, 0.25) is 10.3 Å². The van der Waals surface area contributed by atoms with Crippen molar-refractivity contribution in [2.75, 3.05) is 0 Å². The Labute approximate surface area is 87.3 Å². The maximum Gasteiger partial charge on any atom is 0.137 e. The Balaban J connectivity index is 2.37. The zero-order valence-electron chi connectivity index (χ0n) is 7.13. The molecule has 0 N–H and O–H groups in total. The summed E-state index contributed by atoms with van der Waals surface area (Å²) in [6, 6.07) is 0. The molecule has 13 heavy (non-hydrogen) atoms. The molecule has 0 atom stereocenters. The van der Waals surface area contributed by atoms with Gasteiger partial charge in [0.1, 0.15) is 16.6 Å². The molecule has 2 nitrogen and oxygen atoms in total. The van der Waals surface area contributed by atoms with Crippen LogP contribution in [-0.2, 0) is 0 Å². The summed E-state index contributed by atoms with van der Waals surface area (Å²) in [5, 5.41) is 1.04. The molecule has 1 saturated carbocycles. The third-order valence-electron chi connectivity index (χ3n) is 2.55. The van der Waals surface area contributed by atoms with Gasteiger partial charge in [-0.3, -0.25) is 0 Å². The van der Waals surface area contributed by atoms with Crippen LogP contribution in [0.15, 0.2) is 6.33 Å². The quantitative estimate of drug-likeness (QED) is 0.673. The highest BCUT2D eigenvalue weighted by Gasteiger charge is 2.23. The number of hydrogen-bond acceptors (Lipinski definition) is 2. The molecule has 1 heterocycles. The van der Waals surface area contributed by atoms with Crippen LogP contribution in [0.4, 0.5) is 0 Å². The van der Waals surface area contributed by atoms with Gasteiger partial charge in [-0.1, -0.05) is 36.0 Å². The molecule has 0 bridgehead atoms. The highest BCUT2D eigenvalue weighted by Crippen LogP contribution is 2.39. The van der Waals surface area contributed by atoms with E-state index in [2.05, 4.69) is 9.97 Å². The number of aromatic nitrogens is 2. The molecule has 0 unspecified atom stereocenters. The molecule has 1 aromatic rings. The summed E-state index contributed by atoms with van der Waals surface area (Å²) >= 11 is 11.9. The van der Waals surface area contributed by atoms with Crippen molar-refractivity contribution in [3.05, 3.63) is 22.2 Å². The van der Waals surface area contributed by atoms with Crippen LogP contribution in [0.25, 0.3) is 0 Å². The maximum absolute atomic E-state index is 5.97. The highest BCUT2D eigenvalue weighted by molar-refractivity contribution is 6.34. The van der Waals surface area contributed by atoms with E-state index >= 15 is 0 Å². The fourth-order valence-electron chi connectivity index (χ4n) is 1.91. The number of hydrogen-bond donors (Lipinski definition) is 0. The van der Waals surface area contributed by atoms with Crippen molar-refractivity contribution >= 4 is 23.2 Å². The minimum absolute atomic E-state index is 0.473. The summed E-state index contributed by atoms with van der Waals surface area (Å²) in [6.45, 7) is 0. The van der Waals surface area contributed by atoms with E-state index in [1.165, 1.54) is 19.2 Å². The first-order chi connectivity index (χ1) is 6.29. The van der Waals surface area contributed by atoms with Gasteiger partial charge in [0.2, 0.25) is 0 Å². The van der Waals surface area contributed by atoms with Crippen molar-refractivity contribution in [2.45, 2.75) is 31.6 Å². The second-order valence-corrected chi connectivity index (χ2v) is 4.07. The first kappa shape index (κ1) is 9.22. The third kappa shape index (κ3) is 1.79. The fourth-order valence-corrected chi connectivity index (χ4v) is 2.53. The number of rotatable bonds is 1. The standard InChI is InChI=1S/C9H10Cl2N2/c10-8-7(6-3-1-2-4-6)9(11)13-5-12-8/h5-6H,1-4H2. The molecule has 1 fully saturated rings. The predicted octanol–water partition coefficient (Wildman–Crippen LogP) is 3.44. The van der Waals surface area contributed by atoms with Gasteiger partial charge in [-0.05, 0) is 18.8 Å². The van der Waals surface area contributed by atoms with E-state index in [0.717, 1.165) is 18.4 Å². The van der Waals surface area contributed by atoms with Crippen molar-refractivity contribution in [2.24, 2.45) is 0 Å². The lowest BCUT2D eigenvalue weighted by Crippen LogP contribution is -1.98. The zero-order chi connectivity index (χ0) is 9.26. The lowest BCUT2D eigenvalue weighted by molar-refractivity contribution is 0.714. The van der Waals surface area contributed by atoms with Crippen LogP contribution in [0.3, 0.4) is 0 Å². The Morgan fingerprint density at radius 1 is 1.08 bits per heavy atom. The molecule has 0 spiro atoms. The maximum atomic E-state index is 5.97. The molecule has 4 heteroatoms. The van der Waals surface area contributed by atoms with Gasteiger partial charge >= 0.3 is 0 Å². The Kier molecular flexibility index (Phi) is 2.70. The molecule has 0 radical (unpaired) electrons. The Hall–Kier alpha value is -0.340. The lowest BCUT2D eigenvalue weighted by Gasteiger charge is -2.11. The SMILES string of the molecule is Clc1ncnc(Cl)c1C1CCCC1. The monoisotopic (exact) mass is 216 g/mol. The van der Waals surface area contributed by atoms with E-state index in [-0.39, 0.29) is 0 Å². The molecular weight excluding hydrogens is 207 g/mol. The van der Waals surface area contributed by atoms with Crippen LogP contribution in [0, 0.1) is 0 Å². The summed E-state index contributed by atoms with van der Waals surface area (Å²) in [5.74, 6) is 0.473. The van der Waals surface area contributed by atoms with Crippen molar-refractivity contribution in [1.82, 2.24) is 9.97 Å². The van der Waals surface area contributed by atoms with Crippen molar-refractivity contribution in [3.8, 4) is 0 Å². The molecular formula is C9H10Cl2N2. The first-order valence-corrected chi connectivity index (χ1v) is 5.20. The van der Waals surface area contributed by atoms with Crippen LogP contribution >= 0.6 is 23.2 Å². The molecule has 0 aliphatic heterocycles. The Morgan fingerprint density at radius 3 is 2.15 bits per heavy atom. The summed E-state index contributed by atoms with van der Waals surface area (Å²) < 4.78 is 0. The van der Waals surface area contributed by atoms with E-state index in [0.29, 0.717) is 16.2 Å². The Bertz CT molecular complexity index is 288. The molecule has 0 aromatic carbocycles. The van der Waals surface area contributed by atoms with Crippen molar-refractivity contribution in [1.29, 1.82) is 0 Å². The molecule has 1 aliphatic carbocycles. The predicted molar refractivity (Wildman–Crippen MR) is 53.3 cm³/mol. The van der Waals surface area contributed by atoms with Crippen LogP contribution in [0.5, 0.6) is 0 Å². The van der Waals surface area contributed by atoms with Gasteiger partial charge in [0, 0.05) is 5.56 Å². The summed E-state index contributed by atoms with van der Waals surface area (Å²) in [4.78, 5) is 7.91. The third-order valence-corrected chi connectivity index (χ3v) is 3.15. The zero-order valence-corrected chi connectivity index (χ0v) is 8.65. The van der Waals surface area contributed by atoms with E-state index in [1.807, 2.05) is 0 Å². The average Bonchev–Trinajstić information content (AvgIpc) is 2.57. The van der Waals surface area contributed by atoms with Crippen LogP contribution < -0.4 is 0 Å². The van der Waals surface area contributed by atoms with Gasteiger partial charge in [-0.2, -0.15) is 0 Å². The van der Waals surface area contributed by atoms with Gasteiger partial charge in [0.15, 0.2) is 0 Å². The smallest absolute Gasteiger partial charge is 0.137 e. The normalized spacial score (nSPS) is 18.0. The molecule has 1 aliphatic rings. The highest BCUT2D eigenvalue weighted by atomic mass is 35.5. The lowest BCUT2D eigenvalue weighted by atomic mass is 10.0. The van der Waals surface area contributed by atoms with Crippen molar-refractivity contribution < 1.29 is 0 Å². The molecule has 2 rings (SSSR count). The molecule has 1 aromatic heterocycles. The summed E-state index contributed by atoms with van der Waals surface area (Å²) in [6.07, 6.45) is 6.24. The minimum Gasteiger partial charge on any atom is -0.224 e. The van der Waals surface area contributed by atoms with Crippen LogP contribution in [0.1, 0.15) is 37.2 Å². The van der Waals surface area contributed by atoms with E-state index in [9.17, 15) is 0 Å². The second-order valence-electron chi connectivity index (χ2n) is 3.35. The molecule has 0 saturated heterocycles. The van der Waals surface area contributed by atoms with Gasteiger partial charge < -0.3 is 0 Å². The summed E-state index contributed by atoms with van der Waals surface area (Å²) in [5.41, 5.74) is 0.948. The largest absolute Gasteiger partial charge is 0.224 e. The molecule has 0 amide bonds. The van der Waals surface area contributed by atoms with Crippen LogP contribution in [-0.4, -0.2) is 9.97 Å². The summed E-state index contributed by atoms with van der Waals surface area (Å²) in [7, 11) is 0. The van der Waals surface area contributed by atoms with Gasteiger partial charge in [0.25, 0.3) is 0 Å². The van der Waals surface area contributed by atoms with Crippen molar-refractivity contribution in [3.63, 3.8) is 0 Å². The average molecular weight is 217 g/mol. The van der Waals surface area contributed by atoms with Gasteiger partial charge in [-0.25, -0.2) is 9.97 Å². The first-order valence-electron chi connectivity index (χ1n) is 4.45. The number of halogens is 2. The van der Waals surface area contributed by atoms with Gasteiger partial charge in [0.05, 0.1) is 0 Å². The van der Waals surface area contributed by atoms with E-state index in [1.54, 1.807) is 0 Å².